The molecule has 0 bridgehead atoms. The Morgan fingerprint density at radius 1 is 1.25 bits per heavy atom. The van der Waals surface area contributed by atoms with Gasteiger partial charge in [-0.1, -0.05) is 17.7 Å². The first-order valence-electron chi connectivity index (χ1n) is 5.98. The van der Waals surface area contributed by atoms with Crippen LogP contribution in [0.5, 0.6) is 5.75 Å². The van der Waals surface area contributed by atoms with Gasteiger partial charge in [-0.2, -0.15) is 0 Å². The first-order valence-corrected chi connectivity index (χ1v) is 5.98. The summed E-state index contributed by atoms with van der Waals surface area (Å²) in [6, 6.07) is 8.77. The van der Waals surface area contributed by atoms with E-state index in [9.17, 15) is 0 Å². The van der Waals surface area contributed by atoms with Gasteiger partial charge in [0, 0.05) is 25.7 Å². The van der Waals surface area contributed by atoms with E-state index in [0.29, 0.717) is 6.04 Å². The first-order chi connectivity index (χ1) is 7.84. The van der Waals surface area contributed by atoms with Crippen LogP contribution in [0.25, 0.3) is 0 Å². The van der Waals surface area contributed by atoms with E-state index in [-0.39, 0.29) is 0 Å². The minimum atomic E-state index is 0.555. The first kappa shape index (κ1) is 11.4. The highest BCUT2D eigenvalue weighted by Crippen LogP contribution is 2.11. The Morgan fingerprint density at radius 3 is 2.75 bits per heavy atom. The molecule has 1 saturated heterocycles. The van der Waals surface area contributed by atoms with Crippen molar-refractivity contribution in [2.45, 2.75) is 19.4 Å². The van der Waals surface area contributed by atoms with Crippen LogP contribution in [0.2, 0.25) is 0 Å². The molecule has 0 aromatic heterocycles. The molecule has 1 aliphatic rings. The molecule has 1 aromatic carbocycles. The maximum atomic E-state index is 5.70. The molecule has 2 rings (SSSR count). The highest BCUT2D eigenvalue weighted by molar-refractivity contribution is 5.26. The van der Waals surface area contributed by atoms with Crippen LogP contribution >= 0.6 is 0 Å². The van der Waals surface area contributed by atoms with Crippen molar-refractivity contribution in [3.8, 4) is 5.75 Å². The molecular formula is C13H20N2O. The number of ether oxygens (including phenoxy) is 1. The standard InChI is InChI=1S/C13H20N2O/c1-11-2-4-13(5-3-11)16-9-6-12-10-14-7-8-15-12/h2-5,12,14-15H,6-10H2,1H3. The van der Waals surface area contributed by atoms with Gasteiger partial charge in [0.05, 0.1) is 6.61 Å². The molecule has 0 spiro atoms. The molecule has 0 aliphatic carbocycles. The quantitative estimate of drug-likeness (QED) is 0.803. The minimum absolute atomic E-state index is 0.555. The predicted octanol–water partition coefficient (Wildman–Crippen LogP) is 1.33. The summed E-state index contributed by atoms with van der Waals surface area (Å²) in [5.74, 6) is 0.967. The van der Waals surface area contributed by atoms with Crippen molar-refractivity contribution in [2.75, 3.05) is 26.2 Å². The van der Waals surface area contributed by atoms with Gasteiger partial charge < -0.3 is 15.4 Å². The predicted molar refractivity (Wildman–Crippen MR) is 66.0 cm³/mol. The van der Waals surface area contributed by atoms with Crippen molar-refractivity contribution >= 4 is 0 Å². The molecule has 1 heterocycles. The largest absolute Gasteiger partial charge is 0.494 e. The van der Waals surface area contributed by atoms with E-state index in [4.69, 9.17) is 4.74 Å². The van der Waals surface area contributed by atoms with Crippen LogP contribution in [0.4, 0.5) is 0 Å². The number of rotatable bonds is 4. The Morgan fingerprint density at radius 2 is 2.06 bits per heavy atom. The molecule has 3 heteroatoms. The van der Waals surface area contributed by atoms with Crippen molar-refractivity contribution in [1.82, 2.24) is 10.6 Å². The third-order valence-corrected chi connectivity index (χ3v) is 2.88. The van der Waals surface area contributed by atoms with Gasteiger partial charge in [0.25, 0.3) is 0 Å². The van der Waals surface area contributed by atoms with Crippen LogP contribution in [0.1, 0.15) is 12.0 Å². The van der Waals surface area contributed by atoms with Crippen molar-refractivity contribution in [3.05, 3.63) is 29.8 Å². The summed E-state index contributed by atoms with van der Waals surface area (Å²) in [7, 11) is 0. The van der Waals surface area contributed by atoms with E-state index in [1.165, 1.54) is 5.56 Å². The summed E-state index contributed by atoms with van der Waals surface area (Å²) in [6.45, 7) is 6.06. The lowest BCUT2D eigenvalue weighted by Crippen LogP contribution is -2.48. The summed E-state index contributed by atoms with van der Waals surface area (Å²) in [6.07, 6.45) is 1.06. The average Bonchev–Trinajstić information content (AvgIpc) is 2.33. The van der Waals surface area contributed by atoms with Crippen LogP contribution in [-0.4, -0.2) is 32.3 Å². The molecule has 1 atom stereocenters. The summed E-state index contributed by atoms with van der Waals surface area (Å²) < 4.78 is 5.70. The molecular weight excluding hydrogens is 200 g/mol. The van der Waals surface area contributed by atoms with Crippen molar-refractivity contribution in [1.29, 1.82) is 0 Å². The molecule has 0 amide bonds. The summed E-state index contributed by atoms with van der Waals surface area (Å²) in [5.41, 5.74) is 1.27. The maximum absolute atomic E-state index is 5.70. The fraction of sp³-hybridized carbons (Fsp3) is 0.538. The Hall–Kier alpha value is -1.06. The van der Waals surface area contributed by atoms with Crippen LogP contribution in [0.15, 0.2) is 24.3 Å². The molecule has 0 radical (unpaired) electrons. The van der Waals surface area contributed by atoms with Gasteiger partial charge in [0.2, 0.25) is 0 Å². The van der Waals surface area contributed by atoms with Gasteiger partial charge in [0.1, 0.15) is 5.75 Å². The number of nitrogens with one attached hydrogen (secondary N) is 2. The highest BCUT2D eigenvalue weighted by atomic mass is 16.5. The number of piperazine rings is 1. The molecule has 1 fully saturated rings. The SMILES string of the molecule is Cc1ccc(OCCC2CNCCN2)cc1. The lowest BCUT2D eigenvalue weighted by Gasteiger charge is -2.24. The summed E-state index contributed by atoms with van der Waals surface area (Å²) >= 11 is 0. The maximum Gasteiger partial charge on any atom is 0.119 e. The van der Waals surface area contributed by atoms with Crippen LogP contribution < -0.4 is 15.4 Å². The minimum Gasteiger partial charge on any atom is -0.494 e. The zero-order valence-electron chi connectivity index (χ0n) is 9.83. The van der Waals surface area contributed by atoms with Gasteiger partial charge in [-0.25, -0.2) is 0 Å². The molecule has 0 saturated carbocycles. The zero-order valence-corrected chi connectivity index (χ0v) is 9.83. The lowest BCUT2D eigenvalue weighted by atomic mass is 10.2. The zero-order chi connectivity index (χ0) is 11.2. The molecule has 3 nitrogen and oxygen atoms in total. The normalized spacial score (nSPS) is 20.7. The van der Waals surface area contributed by atoms with E-state index < -0.39 is 0 Å². The third kappa shape index (κ3) is 3.51. The van der Waals surface area contributed by atoms with E-state index in [1.54, 1.807) is 0 Å². The number of hydrogen-bond donors (Lipinski definition) is 2. The van der Waals surface area contributed by atoms with Gasteiger partial charge >= 0.3 is 0 Å². The van der Waals surface area contributed by atoms with Crippen molar-refractivity contribution < 1.29 is 4.74 Å². The Balaban J connectivity index is 1.69. The van der Waals surface area contributed by atoms with Crippen molar-refractivity contribution in [3.63, 3.8) is 0 Å². The van der Waals surface area contributed by atoms with E-state index in [0.717, 1.165) is 38.4 Å². The van der Waals surface area contributed by atoms with Gasteiger partial charge in [-0.05, 0) is 25.5 Å². The van der Waals surface area contributed by atoms with Crippen LogP contribution in [-0.2, 0) is 0 Å². The number of aryl methyl sites for hydroxylation is 1. The topological polar surface area (TPSA) is 33.3 Å². The van der Waals surface area contributed by atoms with Gasteiger partial charge in [0.15, 0.2) is 0 Å². The summed E-state index contributed by atoms with van der Waals surface area (Å²) in [4.78, 5) is 0. The summed E-state index contributed by atoms with van der Waals surface area (Å²) in [5, 5.41) is 6.84. The van der Waals surface area contributed by atoms with Crippen molar-refractivity contribution in [2.24, 2.45) is 0 Å². The van der Waals surface area contributed by atoms with E-state index in [2.05, 4.69) is 29.7 Å². The monoisotopic (exact) mass is 220 g/mol. The molecule has 1 aliphatic heterocycles. The van der Waals surface area contributed by atoms with E-state index in [1.807, 2.05) is 12.1 Å². The Kier molecular flexibility index (Phi) is 4.19. The molecule has 16 heavy (non-hydrogen) atoms. The van der Waals surface area contributed by atoms with Gasteiger partial charge in [-0.3, -0.25) is 0 Å². The highest BCUT2D eigenvalue weighted by Gasteiger charge is 2.11. The number of hydrogen-bond acceptors (Lipinski definition) is 3. The van der Waals surface area contributed by atoms with Gasteiger partial charge in [-0.15, -0.1) is 0 Å². The molecule has 2 N–H and O–H groups in total. The second-order valence-electron chi connectivity index (χ2n) is 4.31. The second-order valence-corrected chi connectivity index (χ2v) is 4.31. The fourth-order valence-corrected chi connectivity index (χ4v) is 1.87. The molecule has 1 unspecified atom stereocenters. The van der Waals surface area contributed by atoms with E-state index >= 15 is 0 Å². The fourth-order valence-electron chi connectivity index (χ4n) is 1.87. The van der Waals surface area contributed by atoms with Crippen LogP contribution in [0.3, 0.4) is 0 Å². The Labute approximate surface area is 97.2 Å². The Bertz CT molecular complexity index is 304. The third-order valence-electron chi connectivity index (χ3n) is 2.88. The van der Waals surface area contributed by atoms with Crippen LogP contribution in [0, 0.1) is 6.92 Å². The molecule has 1 aromatic rings. The number of benzene rings is 1. The smallest absolute Gasteiger partial charge is 0.119 e. The molecule has 88 valence electrons. The lowest BCUT2D eigenvalue weighted by molar-refractivity contribution is 0.273. The average molecular weight is 220 g/mol. The second kappa shape index (κ2) is 5.87.